The highest BCUT2D eigenvalue weighted by atomic mass is 79.9. The van der Waals surface area contributed by atoms with Crippen LogP contribution in [0.25, 0.3) is 10.9 Å². The summed E-state index contributed by atoms with van der Waals surface area (Å²) in [6.45, 7) is 3.01. The lowest BCUT2D eigenvalue weighted by Crippen LogP contribution is -2.26. The Labute approximate surface area is 198 Å². The number of nitrogens with zero attached hydrogens (tertiary/aromatic N) is 4. The van der Waals surface area contributed by atoms with E-state index in [4.69, 9.17) is 4.74 Å². The molecule has 1 aromatic heterocycles. The number of fused-ring (bicyclic) bond motifs is 1. The van der Waals surface area contributed by atoms with Gasteiger partial charge in [0.25, 0.3) is 5.56 Å². The van der Waals surface area contributed by atoms with Gasteiger partial charge in [-0.25, -0.2) is 9.78 Å². The van der Waals surface area contributed by atoms with Crippen molar-refractivity contribution < 1.29 is 19.2 Å². The number of benzene rings is 2. The first-order valence-corrected chi connectivity index (χ1v) is 10.7. The first-order valence-electron chi connectivity index (χ1n) is 9.08. The molecular formula is C20H16Br2N4O6. The number of carbonyl (C=O) groups is 1. The fourth-order valence-electron chi connectivity index (χ4n) is 2.87. The average Bonchev–Trinajstić information content (AvgIpc) is 2.74. The molecular weight excluding hydrogens is 552 g/mol. The Morgan fingerprint density at radius 3 is 2.66 bits per heavy atom. The second-order valence-corrected chi connectivity index (χ2v) is 8.40. The van der Waals surface area contributed by atoms with Crippen LogP contribution in [0.15, 0.2) is 49.2 Å². The lowest BCUT2D eigenvalue weighted by atomic mass is 10.2. The Bertz CT molecular complexity index is 1320. The van der Waals surface area contributed by atoms with Gasteiger partial charge >= 0.3 is 11.7 Å². The number of esters is 1. The van der Waals surface area contributed by atoms with Gasteiger partial charge in [-0.15, -0.1) is 0 Å². The second kappa shape index (κ2) is 9.57. The number of aromatic nitrogens is 2. The number of methoxy groups -OCH3 is 1. The van der Waals surface area contributed by atoms with Crippen molar-refractivity contribution in [3.05, 3.63) is 71.1 Å². The molecule has 0 aliphatic heterocycles. The first kappa shape index (κ1) is 23.5. The number of hydrogen-bond acceptors (Lipinski definition) is 8. The van der Waals surface area contributed by atoms with Crippen molar-refractivity contribution in [2.75, 3.05) is 7.11 Å². The van der Waals surface area contributed by atoms with Gasteiger partial charge in [-0.3, -0.25) is 14.9 Å². The molecule has 3 aromatic rings. The number of aryl methyl sites for hydroxylation is 1. The van der Waals surface area contributed by atoms with E-state index in [2.05, 4.69) is 46.7 Å². The quantitative estimate of drug-likeness (QED) is 0.191. The number of ether oxygens (including phenoxy) is 2. The minimum Gasteiger partial charge on any atom is -0.471 e. The lowest BCUT2D eigenvalue weighted by molar-refractivity contribution is -0.386. The van der Waals surface area contributed by atoms with Crippen molar-refractivity contribution in [1.29, 1.82) is 0 Å². The van der Waals surface area contributed by atoms with Crippen LogP contribution in [0, 0.1) is 17.0 Å². The fraction of sp³-hybridized carbons (Fsp3) is 0.200. The molecule has 0 N–H and O–H groups in total. The summed E-state index contributed by atoms with van der Waals surface area (Å²) in [6.07, 6.45) is 0.118. The summed E-state index contributed by atoms with van der Waals surface area (Å²) in [6, 6.07) is 7.87. The molecule has 0 bridgehead atoms. The van der Waals surface area contributed by atoms with E-state index in [0.29, 0.717) is 25.7 Å². The van der Waals surface area contributed by atoms with Gasteiger partial charge in [-0.1, -0.05) is 31.9 Å². The molecule has 32 heavy (non-hydrogen) atoms. The van der Waals surface area contributed by atoms with Crippen molar-refractivity contribution in [2.45, 2.75) is 20.0 Å². The predicted molar refractivity (Wildman–Crippen MR) is 124 cm³/mol. The van der Waals surface area contributed by atoms with E-state index in [9.17, 15) is 19.7 Å². The normalized spacial score (nSPS) is 12.2. The fourth-order valence-corrected chi connectivity index (χ4v) is 3.69. The SMILES string of the molecule is COC(=O)[C@H](C)Oc1c(C=Nn2c(C)nc3ccc(Br)cc3c2=O)cc(Br)cc1[N+](=O)[O-]. The molecule has 1 heterocycles. The van der Waals surface area contributed by atoms with E-state index < -0.39 is 22.6 Å². The van der Waals surface area contributed by atoms with Gasteiger partial charge < -0.3 is 9.47 Å². The van der Waals surface area contributed by atoms with Crippen LogP contribution >= 0.6 is 31.9 Å². The van der Waals surface area contributed by atoms with Crippen LogP contribution in [0.1, 0.15) is 18.3 Å². The van der Waals surface area contributed by atoms with Gasteiger partial charge in [0.15, 0.2) is 6.10 Å². The molecule has 0 amide bonds. The average molecular weight is 568 g/mol. The highest BCUT2D eigenvalue weighted by Crippen LogP contribution is 2.34. The Kier molecular flexibility index (Phi) is 7.04. The van der Waals surface area contributed by atoms with Crippen LogP contribution < -0.4 is 10.3 Å². The summed E-state index contributed by atoms with van der Waals surface area (Å²) >= 11 is 6.55. The molecule has 3 rings (SSSR count). The van der Waals surface area contributed by atoms with Crippen molar-refractivity contribution in [3.63, 3.8) is 0 Å². The first-order chi connectivity index (χ1) is 15.1. The molecule has 0 saturated carbocycles. The highest BCUT2D eigenvalue weighted by molar-refractivity contribution is 9.10. The van der Waals surface area contributed by atoms with Gasteiger partial charge in [-0.2, -0.15) is 9.78 Å². The maximum Gasteiger partial charge on any atom is 0.346 e. The zero-order valence-corrected chi connectivity index (χ0v) is 20.2. The highest BCUT2D eigenvalue weighted by Gasteiger charge is 2.25. The van der Waals surface area contributed by atoms with E-state index in [-0.39, 0.29) is 17.0 Å². The van der Waals surface area contributed by atoms with Gasteiger partial charge in [0, 0.05) is 20.6 Å². The third-order valence-corrected chi connectivity index (χ3v) is 5.32. The smallest absolute Gasteiger partial charge is 0.346 e. The van der Waals surface area contributed by atoms with Crippen molar-refractivity contribution in [1.82, 2.24) is 9.66 Å². The monoisotopic (exact) mass is 566 g/mol. The third kappa shape index (κ3) is 4.86. The summed E-state index contributed by atoms with van der Waals surface area (Å²) < 4.78 is 12.3. The van der Waals surface area contributed by atoms with Gasteiger partial charge in [-0.05, 0) is 38.1 Å². The maximum absolute atomic E-state index is 12.9. The summed E-state index contributed by atoms with van der Waals surface area (Å²) in [5.74, 6) is -0.584. The Hall–Kier alpha value is -3.12. The van der Waals surface area contributed by atoms with Crippen LogP contribution in [0.3, 0.4) is 0 Å². The zero-order chi connectivity index (χ0) is 23.6. The molecule has 10 nitrogen and oxygen atoms in total. The maximum atomic E-state index is 12.9. The van der Waals surface area contributed by atoms with Crippen LogP contribution in [0.5, 0.6) is 5.75 Å². The van der Waals surface area contributed by atoms with Gasteiger partial charge in [0.05, 0.1) is 29.2 Å². The zero-order valence-electron chi connectivity index (χ0n) is 17.0. The number of nitro groups is 1. The molecule has 1 atom stereocenters. The molecule has 0 saturated heterocycles. The van der Waals surface area contributed by atoms with E-state index in [1.807, 2.05) is 0 Å². The summed E-state index contributed by atoms with van der Waals surface area (Å²) in [7, 11) is 1.18. The van der Waals surface area contributed by atoms with Crippen molar-refractivity contribution in [3.8, 4) is 5.75 Å². The number of nitro benzene ring substituents is 1. The number of carbonyl (C=O) groups excluding carboxylic acids is 1. The molecule has 0 radical (unpaired) electrons. The Morgan fingerprint density at radius 1 is 1.28 bits per heavy atom. The van der Waals surface area contributed by atoms with Crippen LogP contribution in [0.2, 0.25) is 0 Å². The molecule has 0 aliphatic carbocycles. The Morgan fingerprint density at radius 2 is 2.00 bits per heavy atom. The van der Waals surface area contributed by atoms with Crippen LogP contribution in [-0.4, -0.2) is 40.0 Å². The van der Waals surface area contributed by atoms with E-state index >= 15 is 0 Å². The summed E-state index contributed by atoms with van der Waals surface area (Å²) in [4.78, 5) is 40.0. The summed E-state index contributed by atoms with van der Waals surface area (Å²) in [5.41, 5.74) is -0.125. The minimum absolute atomic E-state index is 0.169. The molecule has 0 aliphatic rings. The molecule has 0 unspecified atom stereocenters. The van der Waals surface area contributed by atoms with Crippen molar-refractivity contribution in [2.24, 2.45) is 5.10 Å². The van der Waals surface area contributed by atoms with Gasteiger partial charge in [0.1, 0.15) is 5.82 Å². The molecule has 0 spiro atoms. The number of halogens is 2. The van der Waals surface area contributed by atoms with Crippen molar-refractivity contribution >= 4 is 60.6 Å². The standard InChI is InChI=1S/C20H16Br2N4O6/c1-10(20(28)31-3)32-18-12(6-14(22)8-17(18)26(29)30)9-23-25-11(2)24-16-5-4-13(21)7-15(16)19(25)27/h4-10H,1-3H3/t10-/m0/s1. The number of rotatable bonds is 6. The second-order valence-electron chi connectivity index (χ2n) is 6.57. The van der Waals surface area contributed by atoms with Crippen LogP contribution in [0.4, 0.5) is 5.69 Å². The number of hydrogen-bond donors (Lipinski definition) is 0. The van der Waals surface area contributed by atoms with E-state index in [0.717, 1.165) is 4.68 Å². The topological polar surface area (TPSA) is 126 Å². The minimum atomic E-state index is -1.11. The molecule has 2 aromatic carbocycles. The molecule has 12 heteroatoms. The van der Waals surface area contributed by atoms with E-state index in [1.54, 1.807) is 25.1 Å². The summed E-state index contributed by atoms with van der Waals surface area (Å²) in [5, 5.41) is 16.1. The van der Waals surface area contributed by atoms with Gasteiger partial charge in [0.2, 0.25) is 5.75 Å². The predicted octanol–water partition coefficient (Wildman–Crippen LogP) is 3.96. The third-order valence-electron chi connectivity index (χ3n) is 4.37. The molecule has 166 valence electrons. The lowest BCUT2D eigenvalue weighted by Gasteiger charge is -2.15. The Balaban J connectivity index is 2.15. The largest absolute Gasteiger partial charge is 0.471 e. The van der Waals surface area contributed by atoms with E-state index in [1.165, 1.54) is 32.4 Å². The van der Waals surface area contributed by atoms with Crippen LogP contribution in [-0.2, 0) is 9.53 Å². The molecule has 0 fully saturated rings.